The third-order valence-electron chi connectivity index (χ3n) is 8.99. The van der Waals surface area contributed by atoms with E-state index in [0.29, 0.717) is 11.8 Å². The van der Waals surface area contributed by atoms with Crippen LogP contribution in [0.15, 0.2) is 102 Å². The van der Waals surface area contributed by atoms with Crippen LogP contribution in [0.25, 0.3) is 0 Å². The number of hydrogen-bond acceptors (Lipinski definition) is 0. The Labute approximate surface area is 250 Å². The molecule has 2 atom stereocenters. The molecule has 2 unspecified atom stereocenters. The molecule has 4 heteroatoms. The fourth-order valence-electron chi connectivity index (χ4n) is 7.89. The first-order valence-corrected chi connectivity index (χ1v) is 35.5. The van der Waals surface area contributed by atoms with Gasteiger partial charge in [0.05, 0.1) is 0 Å². The average molecular weight is 779 g/mol. The number of benzene rings is 2. The molecule has 0 nitrogen and oxygen atoms in total. The summed E-state index contributed by atoms with van der Waals surface area (Å²) in [4.78, 5) is 0. The zero-order valence-corrected chi connectivity index (χ0v) is 33.3. The fourth-order valence-corrected chi connectivity index (χ4v) is 64.3. The van der Waals surface area contributed by atoms with Crippen molar-refractivity contribution in [1.29, 1.82) is 0 Å². The molecule has 0 radical (unpaired) electrons. The van der Waals surface area contributed by atoms with E-state index in [1.807, 2.05) is 0 Å². The van der Waals surface area contributed by atoms with Gasteiger partial charge < -0.3 is 0 Å². The average Bonchev–Trinajstić information content (AvgIpc) is 3.30. The second-order valence-electron chi connectivity index (χ2n) is 13.5. The van der Waals surface area contributed by atoms with E-state index in [9.17, 15) is 0 Å². The zero-order valence-electron chi connectivity index (χ0n) is 25.1. The third-order valence-corrected chi connectivity index (χ3v) is 62.2. The summed E-state index contributed by atoms with van der Waals surface area (Å²) >= 11 is -3.12. The number of hydrogen-bond donors (Lipinski definition) is 0. The van der Waals surface area contributed by atoms with Gasteiger partial charge in [-0.25, -0.2) is 0 Å². The number of allylic oxidation sites excluding steroid dienone is 8. The predicted molar refractivity (Wildman–Crippen MR) is 174 cm³/mol. The minimum atomic E-state index is -4.43. The maximum absolute atomic E-state index is 4.43. The van der Waals surface area contributed by atoms with Gasteiger partial charge in [-0.2, -0.15) is 0 Å². The predicted octanol–water partition coefficient (Wildman–Crippen LogP) is 8.51. The normalized spacial score (nSPS) is 20.6. The quantitative estimate of drug-likeness (QED) is 0.274. The maximum atomic E-state index is 2.62. The summed E-state index contributed by atoms with van der Waals surface area (Å²) in [5, 5.41) is 0. The molecule has 4 rings (SSSR count). The van der Waals surface area contributed by atoms with Crippen LogP contribution in [-0.2, 0) is 15.4 Å². The van der Waals surface area contributed by atoms with Crippen LogP contribution in [0.2, 0.25) is 0 Å². The molecule has 2 aromatic carbocycles. The van der Waals surface area contributed by atoms with Crippen molar-refractivity contribution in [1.82, 2.24) is 0 Å². The fraction of sp³-hybridized carbons (Fsp3) is 0.412. The van der Waals surface area contributed by atoms with E-state index in [2.05, 4.69) is 142 Å². The Hall–Kier alpha value is -0.607. The summed E-state index contributed by atoms with van der Waals surface area (Å²) in [5.74, 6) is 0.907. The molecule has 0 N–H and O–H groups in total. The molecule has 0 saturated heterocycles. The summed E-state index contributed by atoms with van der Waals surface area (Å²) in [5.41, 5.74) is 6.56. The molecule has 0 heterocycles. The van der Waals surface area contributed by atoms with Crippen LogP contribution in [0, 0.1) is 22.7 Å². The largest absolute Gasteiger partial charge is 0.147 e. The monoisotopic (exact) mass is 780 g/mol. The van der Waals surface area contributed by atoms with Crippen molar-refractivity contribution >= 4 is 43.7 Å². The van der Waals surface area contributed by atoms with Gasteiger partial charge in [-0.1, -0.05) is 0 Å². The molecule has 0 bridgehead atoms. The molecule has 0 fully saturated rings. The third kappa shape index (κ3) is 5.01. The maximum Gasteiger partial charge on any atom is -0.147 e. The van der Waals surface area contributed by atoms with Crippen molar-refractivity contribution in [2.24, 2.45) is 22.7 Å². The van der Waals surface area contributed by atoms with Gasteiger partial charge >= 0.3 is 228 Å². The SMILES string of the molecule is CC1=[C]([Hf](=[GeH2])([C]2=C(C)C(C(C)(C)C)=CC2C)([c]2ccccc2)[c]2ccccc2)C(C)C=C1C(C)(C)C.Cl.Cl. The smallest absolute Gasteiger partial charge is 0.147 e. The van der Waals surface area contributed by atoms with E-state index in [4.69, 9.17) is 0 Å². The van der Waals surface area contributed by atoms with E-state index >= 15 is 0 Å². The van der Waals surface area contributed by atoms with Gasteiger partial charge in [-0.3, -0.25) is 0 Å². The Balaban J connectivity index is 0.00000253. The molecule has 0 amide bonds. The van der Waals surface area contributed by atoms with Crippen LogP contribution in [0.5, 0.6) is 0 Å². The van der Waals surface area contributed by atoms with Crippen LogP contribution in [0.3, 0.4) is 0 Å². The van der Waals surface area contributed by atoms with Gasteiger partial charge in [0.1, 0.15) is 0 Å². The zero-order chi connectivity index (χ0) is 26.7. The van der Waals surface area contributed by atoms with Crippen molar-refractivity contribution in [2.45, 2.75) is 69.2 Å². The van der Waals surface area contributed by atoms with Crippen LogP contribution in [0.4, 0.5) is 0 Å². The van der Waals surface area contributed by atoms with Crippen molar-refractivity contribution in [3.8, 4) is 0 Å². The molecular weight excluding hydrogens is 730 g/mol. The van der Waals surface area contributed by atoms with Crippen molar-refractivity contribution in [2.75, 3.05) is 0 Å². The second kappa shape index (κ2) is 11.3. The number of halogens is 2. The number of rotatable bonds is 4. The van der Waals surface area contributed by atoms with Gasteiger partial charge in [0.15, 0.2) is 0 Å². The van der Waals surface area contributed by atoms with Gasteiger partial charge in [0.25, 0.3) is 0 Å². The van der Waals surface area contributed by atoms with Crippen LogP contribution in [-0.4, -0.2) is 12.2 Å². The van der Waals surface area contributed by atoms with E-state index < -0.39 is 15.4 Å². The summed E-state index contributed by atoms with van der Waals surface area (Å²) in [6.45, 7) is 24.2. The van der Waals surface area contributed by atoms with Crippen molar-refractivity contribution in [3.63, 3.8) is 0 Å². The molecule has 2 aliphatic rings. The topological polar surface area (TPSA) is 0 Å². The van der Waals surface area contributed by atoms with Gasteiger partial charge in [0.2, 0.25) is 0 Å². The Bertz CT molecular complexity index is 1270. The minimum absolute atomic E-state index is 0. The van der Waals surface area contributed by atoms with Gasteiger partial charge in [-0.15, -0.1) is 24.8 Å². The Morgan fingerprint density at radius 2 is 0.868 bits per heavy atom. The summed E-state index contributed by atoms with van der Waals surface area (Å²) in [6.07, 6.45) is 5.24. The molecule has 0 saturated carbocycles. The molecule has 0 aliphatic heterocycles. The first kappa shape index (κ1) is 33.6. The van der Waals surface area contributed by atoms with E-state index in [1.165, 1.54) is 12.2 Å². The van der Waals surface area contributed by atoms with Gasteiger partial charge in [0, 0.05) is 0 Å². The molecule has 0 spiro atoms. The van der Waals surface area contributed by atoms with E-state index in [-0.39, 0.29) is 35.6 Å². The first-order chi connectivity index (χ1) is 16.6. The minimum Gasteiger partial charge on any atom is -0.147 e. The summed E-state index contributed by atoms with van der Waals surface area (Å²) < 4.78 is 6.88. The van der Waals surface area contributed by atoms with Crippen LogP contribution in [0.1, 0.15) is 69.2 Å². The molecule has 38 heavy (non-hydrogen) atoms. The standard InChI is InChI=1S/2C11H17.2C6H5.2ClH.GeH2.Hf/c2*1-8-6-9(2)10(7-8)11(3,4)5;2*1-2-4-6-5-3-1;;;;/h2*7-8H,1-5H3;2*1-5H;2*1H;1H2;. The Morgan fingerprint density at radius 3 is 1.11 bits per heavy atom. The Kier molecular flexibility index (Phi) is 10.0. The molecule has 0 aromatic heterocycles. The summed E-state index contributed by atoms with van der Waals surface area (Å²) in [7, 11) is 0. The molecule has 2 aliphatic carbocycles. The molecule has 2 aromatic rings. The second-order valence-corrected chi connectivity index (χ2v) is 56.3. The van der Waals surface area contributed by atoms with E-state index in [0.717, 1.165) is 0 Å². The van der Waals surface area contributed by atoms with Crippen LogP contribution < -0.4 is 6.64 Å². The molecule has 206 valence electrons. The summed E-state index contributed by atoms with van der Waals surface area (Å²) in [6, 6.07) is 23.6. The van der Waals surface area contributed by atoms with Crippen LogP contribution >= 0.6 is 24.8 Å². The molecular formula is C34H48Cl2GeHf. The van der Waals surface area contributed by atoms with Gasteiger partial charge in [-0.05, 0) is 0 Å². The first-order valence-electron chi connectivity index (χ1n) is 13.7. The van der Waals surface area contributed by atoms with E-state index in [1.54, 1.807) is 35.6 Å². The van der Waals surface area contributed by atoms with Crippen molar-refractivity contribution in [3.05, 3.63) is 102 Å². The van der Waals surface area contributed by atoms with Crippen molar-refractivity contribution < 1.29 is 15.4 Å². The Morgan fingerprint density at radius 1 is 0.579 bits per heavy atom.